The third kappa shape index (κ3) is 8.24. The minimum Gasteiger partial charge on any atom is -0.385 e. The van der Waals surface area contributed by atoms with E-state index in [0.717, 1.165) is 38.5 Å². The molecular weight excluding hydrogens is 244 g/mol. The van der Waals surface area contributed by atoms with Gasteiger partial charge in [-0.3, -0.25) is 0 Å². The third-order valence-electron chi connectivity index (χ3n) is 3.15. The molecule has 0 aromatic carbocycles. The summed E-state index contributed by atoms with van der Waals surface area (Å²) in [6, 6.07) is 1.26. The molecule has 0 amide bonds. The van der Waals surface area contributed by atoms with Gasteiger partial charge >= 0.3 is 0 Å². The highest BCUT2D eigenvalue weighted by molar-refractivity contribution is 6.79. The van der Waals surface area contributed by atoms with Crippen molar-refractivity contribution in [1.82, 2.24) is 0 Å². The minimum absolute atomic E-state index is 0.792. The van der Waals surface area contributed by atoms with Gasteiger partial charge in [0.05, 0.1) is 0 Å². The molecule has 0 aromatic heterocycles. The molecule has 0 radical (unpaired) electrons. The summed E-state index contributed by atoms with van der Waals surface area (Å²) in [5.41, 5.74) is 0. The summed E-state index contributed by atoms with van der Waals surface area (Å²) in [5.74, 6) is 0. The van der Waals surface area contributed by atoms with Gasteiger partial charge in [0.2, 0.25) is 0 Å². The maximum atomic E-state index is 5.73. The SMILES string of the molecule is CCCCC[Si](COCC)(COCC)COCC. The summed E-state index contributed by atoms with van der Waals surface area (Å²) in [4.78, 5) is 0. The van der Waals surface area contributed by atoms with E-state index in [1.54, 1.807) is 0 Å². The Balaban J connectivity index is 4.41. The number of rotatable bonds is 13. The highest BCUT2D eigenvalue weighted by atomic mass is 28.3. The predicted octanol–water partition coefficient (Wildman–Crippen LogP) is 3.35. The van der Waals surface area contributed by atoms with E-state index in [-0.39, 0.29) is 0 Å². The predicted molar refractivity (Wildman–Crippen MR) is 79.6 cm³/mol. The summed E-state index contributed by atoms with van der Waals surface area (Å²) in [6.45, 7) is 10.8. The van der Waals surface area contributed by atoms with Gasteiger partial charge in [-0.2, -0.15) is 0 Å². The Labute approximate surface area is 114 Å². The van der Waals surface area contributed by atoms with Gasteiger partial charge in [0, 0.05) is 38.5 Å². The lowest BCUT2D eigenvalue weighted by molar-refractivity contribution is 0.137. The van der Waals surface area contributed by atoms with Crippen molar-refractivity contribution in [2.24, 2.45) is 0 Å². The molecule has 0 aliphatic heterocycles. The Hall–Kier alpha value is 0.0969. The van der Waals surface area contributed by atoms with Crippen LogP contribution in [0.3, 0.4) is 0 Å². The van der Waals surface area contributed by atoms with E-state index in [2.05, 4.69) is 27.7 Å². The lowest BCUT2D eigenvalue weighted by atomic mass is 10.3. The van der Waals surface area contributed by atoms with Crippen molar-refractivity contribution in [3.63, 3.8) is 0 Å². The van der Waals surface area contributed by atoms with Crippen LogP contribution in [0, 0.1) is 0 Å². The Bertz CT molecular complexity index is 155. The van der Waals surface area contributed by atoms with Crippen LogP contribution in [-0.4, -0.2) is 46.6 Å². The Morgan fingerprint density at radius 2 is 1.11 bits per heavy atom. The zero-order valence-corrected chi connectivity index (χ0v) is 13.8. The second-order valence-corrected chi connectivity index (χ2v) is 9.23. The molecule has 0 fully saturated rings. The van der Waals surface area contributed by atoms with Crippen LogP contribution in [0.25, 0.3) is 0 Å². The average Bonchev–Trinajstić information content (AvgIpc) is 2.40. The van der Waals surface area contributed by atoms with Crippen molar-refractivity contribution >= 4 is 8.07 Å². The van der Waals surface area contributed by atoms with E-state index in [9.17, 15) is 0 Å². The maximum Gasteiger partial charge on any atom is 0.140 e. The lowest BCUT2D eigenvalue weighted by Crippen LogP contribution is -2.50. The topological polar surface area (TPSA) is 27.7 Å². The van der Waals surface area contributed by atoms with Crippen LogP contribution < -0.4 is 0 Å². The van der Waals surface area contributed by atoms with Gasteiger partial charge in [0.25, 0.3) is 0 Å². The van der Waals surface area contributed by atoms with Gasteiger partial charge in [-0.1, -0.05) is 32.2 Å². The Kier molecular flexibility index (Phi) is 12.2. The van der Waals surface area contributed by atoms with E-state index < -0.39 is 8.07 Å². The van der Waals surface area contributed by atoms with Gasteiger partial charge in [-0.05, 0) is 20.8 Å². The van der Waals surface area contributed by atoms with E-state index in [4.69, 9.17) is 14.2 Å². The fraction of sp³-hybridized carbons (Fsp3) is 1.00. The first-order valence-electron chi connectivity index (χ1n) is 7.47. The second kappa shape index (κ2) is 12.1. The molecule has 18 heavy (non-hydrogen) atoms. The monoisotopic (exact) mass is 276 g/mol. The number of hydrogen-bond donors (Lipinski definition) is 0. The molecule has 0 N–H and O–H groups in total. The summed E-state index contributed by atoms with van der Waals surface area (Å²) in [7, 11) is -1.56. The number of unbranched alkanes of at least 4 members (excludes halogenated alkanes) is 2. The number of hydrogen-bond acceptors (Lipinski definition) is 3. The van der Waals surface area contributed by atoms with Crippen molar-refractivity contribution in [2.75, 3.05) is 38.5 Å². The van der Waals surface area contributed by atoms with Crippen molar-refractivity contribution in [1.29, 1.82) is 0 Å². The van der Waals surface area contributed by atoms with Gasteiger partial charge in [-0.25, -0.2) is 0 Å². The second-order valence-electron chi connectivity index (χ2n) is 4.87. The van der Waals surface area contributed by atoms with Gasteiger partial charge < -0.3 is 14.2 Å². The number of ether oxygens (including phenoxy) is 3. The van der Waals surface area contributed by atoms with Gasteiger partial charge in [-0.15, -0.1) is 0 Å². The van der Waals surface area contributed by atoms with Crippen LogP contribution in [0.2, 0.25) is 6.04 Å². The Morgan fingerprint density at radius 3 is 1.44 bits per heavy atom. The zero-order chi connectivity index (χ0) is 13.7. The lowest BCUT2D eigenvalue weighted by Gasteiger charge is -2.30. The maximum absolute atomic E-state index is 5.73. The fourth-order valence-corrected chi connectivity index (χ4v) is 5.64. The molecule has 110 valence electrons. The van der Waals surface area contributed by atoms with E-state index >= 15 is 0 Å². The molecule has 0 saturated carbocycles. The van der Waals surface area contributed by atoms with E-state index in [1.165, 1.54) is 25.3 Å². The largest absolute Gasteiger partial charge is 0.385 e. The quantitative estimate of drug-likeness (QED) is 0.381. The molecule has 4 heteroatoms. The minimum atomic E-state index is -1.56. The van der Waals surface area contributed by atoms with Crippen LogP contribution in [0.15, 0.2) is 0 Å². The molecule has 0 spiro atoms. The van der Waals surface area contributed by atoms with Crippen LogP contribution in [0.5, 0.6) is 0 Å². The summed E-state index contributed by atoms with van der Waals surface area (Å²) < 4.78 is 17.2. The standard InChI is InChI=1S/C14H32O3Si/c1-5-9-10-11-18(12-15-6-2,13-16-7-3)14-17-8-4/h5-14H2,1-4H3. The third-order valence-corrected chi connectivity index (χ3v) is 7.01. The first-order chi connectivity index (χ1) is 8.74. The molecule has 0 unspecified atom stereocenters. The van der Waals surface area contributed by atoms with Gasteiger partial charge in [0.15, 0.2) is 0 Å². The van der Waals surface area contributed by atoms with E-state index in [1.807, 2.05) is 0 Å². The van der Waals surface area contributed by atoms with Crippen LogP contribution in [-0.2, 0) is 14.2 Å². The molecule has 0 aliphatic rings. The molecule has 0 rings (SSSR count). The van der Waals surface area contributed by atoms with Crippen molar-refractivity contribution in [3.8, 4) is 0 Å². The first kappa shape index (κ1) is 18.1. The molecule has 3 nitrogen and oxygen atoms in total. The average molecular weight is 276 g/mol. The zero-order valence-electron chi connectivity index (χ0n) is 12.8. The molecule has 0 saturated heterocycles. The summed E-state index contributed by atoms with van der Waals surface area (Å²) in [6.07, 6.45) is 6.51. The highest BCUT2D eigenvalue weighted by Gasteiger charge is 2.33. The van der Waals surface area contributed by atoms with Crippen LogP contribution >= 0.6 is 0 Å². The summed E-state index contributed by atoms with van der Waals surface area (Å²) in [5, 5.41) is 0. The van der Waals surface area contributed by atoms with E-state index in [0.29, 0.717) is 0 Å². The molecule has 0 atom stereocenters. The fourth-order valence-electron chi connectivity index (χ4n) is 2.05. The first-order valence-corrected chi connectivity index (χ1v) is 10.3. The molecule has 0 aliphatic carbocycles. The van der Waals surface area contributed by atoms with Crippen molar-refractivity contribution < 1.29 is 14.2 Å². The van der Waals surface area contributed by atoms with Crippen LogP contribution in [0.4, 0.5) is 0 Å². The normalized spacial score (nSPS) is 12.0. The Morgan fingerprint density at radius 1 is 0.667 bits per heavy atom. The summed E-state index contributed by atoms with van der Waals surface area (Å²) >= 11 is 0. The molecule has 0 heterocycles. The molecule has 0 aromatic rings. The molecule has 0 bridgehead atoms. The van der Waals surface area contributed by atoms with Crippen molar-refractivity contribution in [2.45, 2.75) is 53.0 Å². The van der Waals surface area contributed by atoms with Crippen molar-refractivity contribution in [3.05, 3.63) is 0 Å². The highest BCUT2D eigenvalue weighted by Crippen LogP contribution is 2.17. The van der Waals surface area contributed by atoms with Crippen LogP contribution in [0.1, 0.15) is 47.0 Å². The smallest absolute Gasteiger partial charge is 0.140 e. The molecular formula is C14H32O3Si. The van der Waals surface area contributed by atoms with Gasteiger partial charge in [0.1, 0.15) is 8.07 Å².